The van der Waals surface area contributed by atoms with Crippen molar-refractivity contribution < 1.29 is 18.8 Å². The summed E-state index contributed by atoms with van der Waals surface area (Å²) < 4.78 is 5.58. The van der Waals surface area contributed by atoms with E-state index in [9.17, 15) is 14.4 Å². The van der Waals surface area contributed by atoms with E-state index in [0.29, 0.717) is 20.1 Å². The van der Waals surface area contributed by atoms with Crippen molar-refractivity contribution >= 4 is 74.9 Å². The predicted molar refractivity (Wildman–Crippen MR) is 126 cm³/mol. The van der Waals surface area contributed by atoms with Crippen molar-refractivity contribution in [2.75, 3.05) is 12.3 Å². The van der Waals surface area contributed by atoms with Crippen molar-refractivity contribution in [2.45, 2.75) is 11.6 Å². The second kappa shape index (κ2) is 10.0. The maximum Gasteiger partial charge on any atom is 0.266 e. The maximum absolute atomic E-state index is 12.5. The standard InChI is InChI=1S/C20H17N5O4S3/c26-16(7-8-25-18(28)15(32-20(25)30)10-12-4-3-9-29-12)23-24-17(27)11-31-19-21-13-5-1-2-6-14(13)22-19/h1-6,9-10H,7-8,11H2,(H,21,22)(H,23,26)(H,24,27). The van der Waals surface area contributed by atoms with E-state index in [1.165, 1.54) is 22.9 Å². The molecule has 0 radical (unpaired) electrons. The zero-order chi connectivity index (χ0) is 22.5. The third kappa shape index (κ3) is 5.39. The predicted octanol–water partition coefficient (Wildman–Crippen LogP) is 2.69. The van der Waals surface area contributed by atoms with Crippen molar-refractivity contribution in [1.82, 2.24) is 25.7 Å². The molecule has 0 spiro atoms. The minimum Gasteiger partial charge on any atom is -0.465 e. The van der Waals surface area contributed by atoms with E-state index in [1.807, 2.05) is 24.3 Å². The molecule has 32 heavy (non-hydrogen) atoms. The Labute approximate surface area is 196 Å². The number of hydrogen-bond acceptors (Lipinski definition) is 8. The SMILES string of the molecule is O=C(CCN1C(=O)C(=Cc2ccco2)SC1=S)NNC(=O)CSc1nc2ccccc2[nH]1. The molecule has 3 aromatic rings. The third-order valence-corrected chi connectivity index (χ3v) is 6.55. The molecule has 1 aliphatic rings. The Balaban J connectivity index is 1.19. The van der Waals surface area contributed by atoms with E-state index in [4.69, 9.17) is 16.6 Å². The van der Waals surface area contributed by atoms with Crippen LogP contribution in [0, 0.1) is 0 Å². The second-order valence-electron chi connectivity index (χ2n) is 6.54. The molecule has 3 N–H and O–H groups in total. The highest BCUT2D eigenvalue weighted by Crippen LogP contribution is 2.32. The Morgan fingerprint density at radius 1 is 1.22 bits per heavy atom. The second-order valence-corrected chi connectivity index (χ2v) is 9.18. The molecule has 2 aromatic heterocycles. The van der Waals surface area contributed by atoms with Crippen LogP contribution in [0.2, 0.25) is 0 Å². The Morgan fingerprint density at radius 3 is 2.81 bits per heavy atom. The average Bonchev–Trinajstić information content (AvgIpc) is 3.50. The van der Waals surface area contributed by atoms with Crippen molar-refractivity contribution in [3.63, 3.8) is 0 Å². The number of aromatic amines is 1. The summed E-state index contributed by atoms with van der Waals surface area (Å²) in [6.45, 7) is 0.107. The number of amides is 3. The van der Waals surface area contributed by atoms with Crippen LogP contribution < -0.4 is 10.9 Å². The van der Waals surface area contributed by atoms with Gasteiger partial charge in [-0.05, 0) is 24.3 Å². The minimum atomic E-state index is -0.434. The number of nitrogens with zero attached hydrogens (tertiary/aromatic N) is 2. The molecule has 0 bridgehead atoms. The quantitative estimate of drug-likeness (QED) is 0.201. The zero-order valence-corrected chi connectivity index (χ0v) is 18.9. The van der Waals surface area contributed by atoms with E-state index in [0.717, 1.165) is 22.8 Å². The minimum absolute atomic E-state index is 0.0164. The molecule has 1 aliphatic heterocycles. The van der Waals surface area contributed by atoms with Gasteiger partial charge in [0.05, 0.1) is 28.0 Å². The van der Waals surface area contributed by atoms with Gasteiger partial charge in [0.2, 0.25) is 11.8 Å². The number of para-hydroxylation sites is 2. The number of nitrogens with one attached hydrogen (secondary N) is 3. The average molecular weight is 488 g/mol. The number of aromatic nitrogens is 2. The number of rotatable bonds is 7. The fourth-order valence-electron chi connectivity index (χ4n) is 2.78. The summed E-state index contributed by atoms with van der Waals surface area (Å²) in [6, 6.07) is 11.0. The fourth-order valence-corrected chi connectivity index (χ4v) is 4.75. The van der Waals surface area contributed by atoms with Gasteiger partial charge < -0.3 is 9.40 Å². The van der Waals surface area contributed by atoms with Gasteiger partial charge in [0.25, 0.3) is 5.91 Å². The van der Waals surface area contributed by atoms with Crippen LogP contribution in [0.3, 0.4) is 0 Å². The largest absolute Gasteiger partial charge is 0.465 e. The summed E-state index contributed by atoms with van der Waals surface area (Å²) in [7, 11) is 0. The molecule has 12 heteroatoms. The van der Waals surface area contributed by atoms with Gasteiger partial charge in [-0.3, -0.25) is 30.1 Å². The van der Waals surface area contributed by atoms with Crippen LogP contribution in [0.15, 0.2) is 57.1 Å². The number of thioether (sulfide) groups is 2. The van der Waals surface area contributed by atoms with Gasteiger partial charge >= 0.3 is 0 Å². The molecule has 3 amide bonds. The molecular formula is C20H17N5O4S3. The van der Waals surface area contributed by atoms with Crippen molar-refractivity contribution in [3.8, 4) is 0 Å². The van der Waals surface area contributed by atoms with Crippen LogP contribution in [-0.2, 0) is 14.4 Å². The lowest BCUT2D eigenvalue weighted by molar-refractivity contribution is -0.128. The van der Waals surface area contributed by atoms with E-state index >= 15 is 0 Å². The molecule has 1 saturated heterocycles. The normalized spacial score (nSPS) is 15.0. The first-order valence-corrected chi connectivity index (χ1v) is 11.6. The van der Waals surface area contributed by atoms with Crippen molar-refractivity contribution in [1.29, 1.82) is 0 Å². The van der Waals surface area contributed by atoms with Crippen LogP contribution in [0.1, 0.15) is 12.2 Å². The number of benzene rings is 1. The van der Waals surface area contributed by atoms with Gasteiger partial charge in [-0.1, -0.05) is 47.9 Å². The number of fused-ring (bicyclic) bond motifs is 1. The van der Waals surface area contributed by atoms with Crippen LogP contribution in [0.4, 0.5) is 0 Å². The van der Waals surface area contributed by atoms with E-state index in [1.54, 1.807) is 18.2 Å². The van der Waals surface area contributed by atoms with Crippen molar-refractivity contribution in [2.24, 2.45) is 0 Å². The monoisotopic (exact) mass is 487 g/mol. The number of thiocarbonyl (C=S) groups is 1. The smallest absolute Gasteiger partial charge is 0.266 e. The van der Waals surface area contributed by atoms with Gasteiger partial charge in [-0.25, -0.2) is 4.98 Å². The molecule has 3 heterocycles. The van der Waals surface area contributed by atoms with Crippen molar-refractivity contribution in [3.05, 3.63) is 53.3 Å². The van der Waals surface area contributed by atoms with Gasteiger partial charge in [0.15, 0.2) is 5.16 Å². The molecule has 0 atom stereocenters. The Morgan fingerprint density at radius 2 is 2.03 bits per heavy atom. The Hall–Kier alpha value is -3.09. The lowest BCUT2D eigenvalue weighted by Crippen LogP contribution is -2.44. The molecule has 1 fully saturated rings. The molecule has 0 unspecified atom stereocenters. The number of furan rings is 1. The van der Waals surface area contributed by atoms with Crippen LogP contribution >= 0.6 is 35.7 Å². The molecule has 164 valence electrons. The highest BCUT2D eigenvalue weighted by atomic mass is 32.2. The zero-order valence-electron chi connectivity index (χ0n) is 16.5. The molecule has 0 saturated carbocycles. The molecule has 0 aliphatic carbocycles. The summed E-state index contributed by atoms with van der Waals surface area (Å²) in [5.74, 6) is -0.472. The van der Waals surface area contributed by atoms with E-state index < -0.39 is 5.91 Å². The van der Waals surface area contributed by atoms with Crippen LogP contribution in [0.5, 0.6) is 0 Å². The Kier molecular flexibility index (Phi) is 6.93. The first-order chi connectivity index (χ1) is 15.5. The number of imidazole rings is 1. The fraction of sp³-hybridized carbons (Fsp3) is 0.150. The molecule has 1 aromatic carbocycles. The molecular weight excluding hydrogens is 470 g/mol. The topological polar surface area (TPSA) is 120 Å². The lowest BCUT2D eigenvalue weighted by atomic mass is 10.3. The first kappa shape index (κ1) is 22.1. The summed E-state index contributed by atoms with van der Waals surface area (Å²) in [6.07, 6.45) is 3.11. The van der Waals surface area contributed by atoms with E-state index in [-0.39, 0.29) is 30.5 Å². The summed E-state index contributed by atoms with van der Waals surface area (Å²) in [5.41, 5.74) is 6.41. The summed E-state index contributed by atoms with van der Waals surface area (Å²) >= 11 is 7.61. The van der Waals surface area contributed by atoms with Gasteiger partial charge in [0.1, 0.15) is 10.1 Å². The van der Waals surface area contributed by atoms with Gasteiger partial charge in [-0.2, -0.15) is 0 Å². The number of H-pyrrole nitrogens is 1. The lowest BCUT2D eigenvalue weighted by Gasteiger charge is -2.14. The number of hydrogen-bond donors (Lipinski definition) is 3. The first-order valence-electron chi connectivity index (χ1n) is 9.44. The molecule has 9 nitrogen and oxygen atoms in total. The maximum atomic E-state index is 12.5. The number of carbonyl (C=O) groups excluding carboxylic acids is 3. The Bertz CT molecular complexity index is 1170. The van der Waals surface area contributed by atoms with Crippen LogP contribution in [0.25, 0.3) is 17.1 Å². The third-order valence-electron chi connectivity index (χ3n) is 4.30. The summed E-state index contributed by atoms with van der Waals surface area (Å²) in [5, 5.41) is 0.615. The van der Waals surface area contributed by atoms with Gasteiger partial charge in [0, 0.05) is 19.0 Å². The number of carbonyl (C=O) groups is 3. The highest BCUT2D eigenvalue weighted by molar-refractivity contribution is 8.26. The number of hydrazine groups is 1. The molecule has 4 rings (SSSR count). The van der Waals surface area contributed by atoms with Crippen LogP contribution in [-0.4, -0.2) is 49.2 Å². The van der Waals surface area contributed by atoms with Gasteiger partial charge in [-0.15, -0.1) is 0 Å². The summed E-state index contributed by atoms with van der Waals surface area (Å²) in [4.78, 5) is 45.9. The van der Waals surface area contributed by atoms with E-state index in [2.05, 4.69) is 20.8 Å². The highest BCUT2D eigenvalue weighted by Gasteiger charge is 2.32.